The van der Waals surface area contributed by atoms with Crippen LogP contribution in [0.3, 0.4) is 0 Å². The van der Waals surface area contributed by atoms with Crippen LogP contribution in [0, 0.1) is 12.3 Å². The van der Waals surface area contributed by atoms with Gasteiger partial charge < -0.3 is 14.2 Å². The van der Waals surface area contributed by atoms with Gasteiger partial charge in [0.25, 0.3) is 5.91 Å². The van der Waals surface area contributed by atoms with Crippen LogP contribution in [-0.2, 0) is 4.79 Å². The molecular weight excluding hydrogens is 394 g/mol. The first kappa shape index (κ1) is 19.7. The summed E-state index contributed by atoms with van der Waals surface area (Å²) in [6.07, 6.45) is 4.33. The Balaban J connectivity index is 1.18. The predicted molar refractivity (Wildman–Crippen MR) is 113 cm³/mol. The van der Waals surface area contributed by atoms with E-state index in [1.807, 2.05) is 48.2 Å². The first-order chi connectivity index (χ1) is 15.0. The minimum absolute atomic E-state index is 0.0230. The Morgan fingerprint density at radius 1 is 1.26 bits per heavy atom. The molecule has 2 aliphatic rings. The largest absolute Gasteiger partial charge is 0.484 e. The molecule has 0 radical (unpaired) electrons. The standard InChI is InChI=1S/C23H25N5O3/c1-16-5-3-7-18(9-16)30-12-20(29)28-14-23(15-28)10-19(27(2)13-23)22-25-21(26-31-22)17-6-4-8-24-11-17/h3-9,11,19H,10,12-15H2,1-2H3. The van der Waals surface area contributed by atoms with Gasteiger partial charge in [-0.05, 0) is 50.2 Å². The van der Waals surface area contributed by atoms with E-state index in [4.69, 9.17) is 9.26 Å². The molecule has 8 heteroatoms. The molecule has 1 amide bonds. The third kappa shape index (κ3) is 3.90. The molecule has 0 bridgehead atoms. The van der Waals surface area contributed by atoms with Crippen molar-refractivity contribution >= 4 is 5.91 Å². The highest BCUT2D eigenvalue weighted by Crippen LogP contribution is 2.47. The SMILES string of the molecule is Cc1cccc(OCC(=O)N2CC3(CC(c4nc(-c5cccnc5)no4)N(C)C3)C2)c1. The van der Waals surface area contributed by atoms with Gasteiger partial charge in [0.2, 0.25) is 11.7 Å². The summed E-state index contributed by atoms with van der Waals surface area (Å²) in [5, 5.41) is 4.13. The summed E-state index contributed by atoms with van der Waals surface area (Å²) < 4.78 is 11.2. The van der Waals surface area contributed by atoms with Gasteiger partial charge in [-0.25, -0.2) is 0 Å². The van der Waals surface area contributed by atoms with Crippen molar-refractivity contribution < 1.29 is 14.1 Å². The second kappa shape index (κ2) is 7.77. The maximum absolute atomic E-state index is 12.6. The van der Waals surface area contributed by atoms with E-state index >= 15 is 0 Å². The minimum Gasteiger partial charge on any atom is -0.484 e. The average molecular weight is 419 g/mol. The number of ether oxygens (including phenoxy) is 1. The molecular formula is C23H25N5O3. The highest BCUT2D eigenvalue weighted by atomic mass is 16.5. The quantitative estimate of drug-likeness (QED) is 0.629. The van der Waals surface area contributed by atoms with E-state index in [-0.39, 0.29) is 24.0 Å². The molecule has 2 aliphatic heterocycles. The van der Waals surface area contributed by atoms with E-state index in [9.17, 15) is 4.79 Å². The number of rotatable bonds is 5. The summed E-state index contributed by atoms with van der Waals surface area (Å²) in [7, 11) is 2.07. The van der Waals surface area contributed by atoms with Crippen molar-refractivity contribution in [3.05, 3.63) is 60.2 Å². The molecule has 2 saturated heterocycles. The van der Waals surface area contributed by atoms with Crippen molar-refractivity contribution in [3.8, 4) is 17.1 Å². The second-order valence-electron chi connectivity index (χ2n) is 8.69. The average Bonchev–Trinajstić information content (AvgIpc) is 3.36. The summed E-state index contributed by atoms with van der Waals surface area (Å²) >= 11 is 0. The van der Waals surface area contributed by atoms with Crippen molar-refractivity contribution in [2.24, 2.45) is 5.41 Å². The predicted octanol–water partition coefficient (Wildman–Crippen LogP) is 2.72. The molecule has 3 aromatic rings. The molecule has 2 fully saturated rings. The lowest BCUT2D eigenvalue weighted by Crippen LogP contribution is -2.60. The van der Waals surface area contributed by atoms with Gasteiger partial charge in [0.15, 0.2) is 6.61 Å². The Morgan fingerprint density at radius 2 is 2.13 bits per heavy atom. The molecule has 0 N–H and O–H groups in total. The van der Waals surface area contributed by atoms with Gasteiger partial charge in [-0.1, -0.05) is 17.3 Å². The minimum atomic E-state index is 0.0230. The van der Waals surface area contributed by atoms with Gasteiger partial charge in [0.1, 0.15) is 5.75 Å². The van der Waals surface area contributed by atoms with Gasteiger partial charge >= 0.3 is 0 Å². The second-order valence-corrected chi connectivity index (χ2v) is 8.69. The van der Waals surface area contributed by atoms with Crippen LogP contribution in [0.4, 0.5) is 0 Å². The lowest BCUT2D eigenvalue weighted by Gasteiger charge is -2.48. The summed E-state index contributed by atoms with van der Waals surface area (Å²) in [5.74, 6) is 1.92. The highest BCUT2D eigenvalue weighted by Gasteiger charge is 2.53. The van der Waals surface area contributed by atoms with Crippen LogP contribution in [0.5, 0.6) is 5.75 Å². The van der Waals surface area contributed by atoms with Crippen molar-refractivity contribution in [3.63, 3.8) is 0 Å². The number of hydrogen-bond acceptors (Lipinski definition) is 7. The number of likely N-dealkylation sites (tertiary alicyclic amines) is 2. The van der Waals surface area contributed by atoms with Gasteiger partial charge in [-0.2, -0.15) is 4.98 Å². The summed E-state index contributed by atoms with van der Waals surface area (Å²) in [6.45, 7) is 4.42. The smallest absolute Gasteiger partial charge is 0.260 e. The molecule has 1 spiro atoms. The first-order valence-corrected chi connectivity index (χ1v) is 10.4. The molecule has 2 aromatic heterocycles. The summed E-state index contributed by atoms with van der Waals surface area (Å²) in [6, 6.07) is 11.6. The van der Waals surface area contributed by atoms with E-state index in [1.165, 1.54) is 0 Å². The molecule has 1 aromatic carbocycles. The normalized spacial score (nSPS) is 20.1. The zero-order chi connectivity index (χ0) is 21.4. The van der Waals surface area contributed by atoms with Crippen LogP contribution in [0.15, 0.2) is 53.3 Å². The Hall–Kier alpha value is -3.26. The van der Waals surface area contributed by atoms with Crippen LogP contribution in [-0.4, -0.2) is 64.1 Å². The number of nitrogens with zero attached hydrogens (tertiary/aromatic N) is 5. The van der Waals surface area contributed by atoms with E-state index in [0.717, 1.165) is 42.9 Å². The monoisotopic (exact) mass is 419 g/mol. The molecule has 31 heavy (non-hydrogen) atoms. The molecule has 4 heterocycles. The van der Waals surface area contributed by atoms with Crippen molar-refractivity contribution in [2.45, 2.75) is 19.4 Å². The fraction of sp³-hybridized carbons (Fsp3) is 0.391. The zero-order valence-electron chi connectivity index (χ0n) is 17.7. The van der Waals surface area contributed by atoms with Crippen molar-refractivity contribution in [1.29, 1.82) is 0 Å². The maximum Gasteiger partial charge on any atom is 0.260 e. The number of carbonyl (C=O) groups excluding carboxylic acids is 1. The van der Waals surface area contributed by atoms with Crippen molar-refractivity contribution in [1.82, 2.24) is 24.9 Å². The number of benzene rings is 1. The fourth-order valence-corrected chi connectivity index (χ4v) is 4.64. The van der Waals surface area contributed by atoms with E-state index in [2.05, 4.69) is 27.1 Å². The van der Waals surface area contributed by atoms with E-state index < -0.39 is 0 Å². The summed E-state index contributed by atoms with van der Waals surface area (Å²) in [4.78, 5) is 25.4. The zero-order valence-corrected chi connectivity index (χ0v) is 17.7. The third-order valence-corrected chi connectivity index (χ3v) is 6.15. The van der Waals surface area contributed by atoms with Crippen LogP contribution in [0.2, 0.25) is 0 Å². The number of amides is 1. The Labute approximate surface area is 180 Å². The topological polar surface area (TPSA) is 84.6 Å². The van der Waals surface area contributed by atoms with Crippen LogP contribution in [0.25, 0.3) is 11.4 Å². The molecule has 1 atom stereocenters. The van der Waals surface area contributed by atoms with Crippen LogP contribution in [0.1, 0.15) is 23.9 Å². The number of pyridine rings is 1. The van der Waals surface area contributed by atoms with E-state index in [1.54, 1.807) is 12.4 Å². The van der Waals surface area contributed by atoms with Crippen LogP contribution < -0.4 is 4.74 Å². The maximum atomic E-state index is 12.6. The Kier molecular flexibility index (Phi) is 4.94. The molecule has 160 valence electrons. The van der Waals surface area contributed by atoms with Gasteiger partial charge in [-0.3, -0.25) is 14.7 Å². The first-order valence-electron chi connectivity index (χ1n) is 10.4. The lowest BCUT2D eigenvalue weighted by atomic mass is 9.77. The van der Waals surface area contributed by atoms with Gasteiger partial charge in [-0.15, -0.1) is 0 Å². The van der Waals surface area contributed by atoms with Gasteiger partial charge in [0, 0.05) is 43.0 Å². The van der Waals surface area contributed by atoms with Crippen LogP contribution >= 0.6 is 0 Å². The van der Waals surface area contributed by atoms with Crippen molar-refractivity contribution in [2.75, 3.05) is 33.3 Å². The summed E-state index contributed by atoms with van der Waals surface area (Å²) in [5.41, 5.74) is 2.02. The molecule has 5 rings (SSSR count). The number of aromatic nitrogens is 3. The fourth-order valence-electron chi connectivity index (χ4n) is 4.64. The lowest BCUT2D eigenvalue weighted by molar-refractivity contribution is -0.144. The van der Waals surface area contributed by atoms with E-state index in [0.29, 0.717) is 11.7 Å². The highest BCUT2D eigenvalue weighted by molar-refractivity contribution is 5.78. The number of hydrogen-bond donors (Lipinski definition) is 0. The number of aryl methyl sites for hydroxylation is 1. The van der Waals surface area contributed by atoms with Gasteiger partial charge in [0.05, 0.1) is 6.04 Å². The molecule has 0 aliphatic carbocycles. The Morgan fingerprint density at radius 3 is 2.90 bits per heavy atom. The Bertz CT molecular complexity index is 1080. The number of carbonyl (C=O) groups is 1. The molecule has 0 saturated carbocycles. The third-order valence-electron chi connectivity index (χ3n) is 6.15. The molecule has 8 nitrogen and oxygen atoms in total. The molecule has 1 unspecified atom stereocenters.